The summed E-state index contributed by atoms with van der Waals surface area (Å²) in [5.41, 5.74) is 1.25. The fourth-order valence-electron chi connectivity index (χ4n) is 2.95. The van der Waals surface area contributed by atoms with Gasteiger partial charge in [-0.15, -0.1) is 0 Å². The maximum absolute atomic E-state index is 13.1. The van der Waals surface area contributed by atoms with Crippen LogP contribution in [0.3, 0.4) is 0 Å². The average molecular weight is 365 g/mol. The highest BCUT2D eigenvalue weighted by molar-refractivity contribution is 6.00. The number of benzene rings is 3. The van der Waals surface area contributed by atoms with Gasteiger partial charge in [0.05, 0.1) is 11.6 Å². The van der Waals surface area contributed by atoms with Gasteiger partial charge in [-0.3, -0.25) is 9.59 Å². The van der Waals surface area contributed by atoms with Crippen LogP contribution in [0.15, 0.2) is 60.7 Å². The van der Waals surface area contributed by atoms with Crippen LogP contribution in [0.2, 0.25) is 0 Å². The number of aldehydes is 1. The van der Waals surface area contributed by atoms with Crippen LogP contribution in [0.25, 0.3) is 10.8 Å². The number of hydrogen-bond donors (Lipinski definition) is 0. The van der Waals surface area contributed by atoms with E-state index in [1.165, 1.54) is 17.0 Å². The Morgan fingerprint density at radius 1 is 1.11 bits per heavy atom. The molecule has 1 atom stereocenters. The van der Waals surface area contributed by atoms with Crippen molar-refractivity contribution in [2.75, 3.05) is 13.7 Å². The van der Waals surface area contributed by atoms with Gasteiger partial charge in [-0.05, 0) is 41.5 Å². The van der Waals surface area contributed by atoms with Crippen LogP contribution in [0, 0.1) is 5.82 Å². The van der Waals surface area contributed by atoms with Crippen LogP contribution < -0.4 is 4.74 Å². The first-order valence-corrected chi connectivity index (χ1v) is 8.62. The summed E-state index contributed by atoms with van der Waals surface area (Å²) in [6.45, 7) is 1.67. The lowest BCUT2D eigenvalue weighted by atomic mass is 10.0. The second kappa shape index (κ2) is 7.99. The Bertz CT molecular complexity index is 969. The molecule has 0 saturated carbocycles. The zero-order valence-corrected chi connectivity index (χ0v) is 15.2. The largest absolute Gasteiger partial charge is 0.483 e. The molecule has 0 aliphatic carbocycles. The molecule has 0 N–H and O–H groups in total. The van der Waals surface area contributed by atoms with E-state index in [1.54, 1.807) is 25.2 Å². The molecule has 3 rings (SSSR count). The molecule has 4 nitrogen and oxygen atoms in total. The number of nitrogens with zero attached hydrogens (tertiary/aromatic N) is 1. The predicted molar refractivity (Wildman–Crippen MR) is 102 cm³/mol. The number of carbonyl (C=O) groups is 2. The van der Waals surface area contributed by atoms with Crippen molar-refractivity contribution in [1.82, 2.24) is 4.90 Å². The molecule has 0 aromatic heterocycles. The number of fused-ring (bicyclic) bond motifs is 1. The standard InChI is InChI=1S/C22H20FNO3/c1-15(16-7-10-18(23)11-8-16)24(2)22(26)14-27-21-12-9-17-5-3-4-6-19(17)20(21)13-25/h3-13,15H,14H2,1-2H3. The highest BCUT2D eigenvalue weighted by atomic mass is 19.1. The molecule has 1 unspecified atom stereocenters. The zero-order chi connectivity index (χ0) is 19.4. The van der Waals surface area contributed by atoms with Crippen LogP contribution in [0.4, 0.5) is 4.39 Å². The predicted octanol–water partition coefficient (Wildman–Crippen LogP) is 4.39. The van der Waals surface area contributed by atoms with E-state index in [0.29, 0.717) is 11.3 Å². The van der Waals surface area contributed by atoms with Crippen molar-refractivity contribution in [3.05, 3.63) is 77.6 Å². The highest BCUT2D eigenvalue weighted by Crippen LogP contribution is 2.27. The molecule has 0 aliphatic heterocycles. The van der Waals surface area contributed by atoms with Crippen LogP contribution in [0.1, 0.15) is 28.9 Å². The Morgan fingerprint density at radius 2 is 1.81 bits per heavy atom. The van der Waals surface area contributed by atoms with E-state index in [-0.39, 0.29) is 24.4 Å². The van der Waals surface area contributed by atoms with Gasteiger partial charge < -0.3 is 9.64 Å². The minimum Gasteiger partial charge on any atom is -0.483 e. The van der Waals surface area contributed by atoms with Gasteiger partial charge in [-0.1, -0.05) is 42.5 Å². The molecule has 0 radical (unpaired) electrons. The van der Waals surface area contributed by atoms with Gasteiger partial charge in [0.2, 0.25) is 0 Å². The van der Waals surface area contributed by atoms with Gasteiger partial charge in [-0.2, -0.15) is 0 Å². The summed E-state index contributed by atoms with van der Waals surface area (Å²) in [6, 6.07) is 16.9. The number of rotatable bonds is 6. The van der Waals surface area contributed by atoms with Crippen molar-refractivity contribution in [2.45, 2.75) is 13.0 Å². The van der Waals surface area contributed by atoms with Gasteiger partial charge in [0.25, 0.3) is 5.91 Å². The van der Waals surface area contributed by atoms with E-state index in [1.807, 2.05) is 37.3 Å². The molecule has 3 aromatic rings. The summed E-state index contributed by atoms with van der Waals surface area (Å²) in [5.74, 6) is -0.183. The molecule has 0 fully saturated rings. The van der Waals surface area contributed by atoms with Crippen molar-refractivity contribution >= 4 is 23.0 Å². The molecule has 5 heteroatoms. The third-order valence-electron chi connectivity index (χ3n) is 4.73. The van der Waals surface area contributed by atoms with Crippen LogP contribution in [-0.4, -0.2) is 30.7 Å². The first-order chi connectivity index (χ1) is 13.0. The molecular formula is C22H20FNO3. The molecule has 0 spiro atoms. The van der Waals surface area contributed by atoms with E-state index < -0.39 is 0 Å². The Balaban J connectivity index is 1.72. The first kappa shape index (κ1) is 18.6. The lowest BCUT2D eigenvalue weighted by Crippen LogP contribution is -2.33. The number of carbonyl (C=O) groups excluding carboxylic acids is 2. The minimum absolute atomic E-state index is 0.193. The Morgan fingerprint density at radius 3 is 2.52 bits per heavy atom. The van der Waals surface area contributed by atoms with E-state index in [0.717, 1.165) is 22.6 Å². The molecule has 0 aliphatic rings. The first-order valence-electron chi connectivity index (χ1n) is 8.62. The summed E-state index contributed by atoms with van der Waals surface area (Å²) >= 11 is 0. The Kier molecular flexibility index (Phi) is 5.50. The SMILES string of the molecule is CC(c1ccc(F)cc1)N(C)C(=O)COc1ccc2ccccc2c1C=O. The lowest BCUT2D eigenvalue weighted by Gasteiger charge is -2.25. The van der Waals surface area contributed by atoms with E-state index in [9.17, 15) is 14.0 Å². The molecule has 0 saturated heterocycles. The topological polar surface area (TPSA) is 46.6 Å². The van der Waals surface area contributed by atoms with Crippen LogP contribution in [-0.2, 0) is 4.79 Å². The average Bonchev–Trinajstić information content (AvgIpc) is 2.70. The second-order valence-electron chi connectivity index (χ2n) is 6.34. The maximum atomic E-state index is 13.1. The fraction of sp³-hybridized carbons (Fsp3) is 0.182. The number of amides is 1. The molecule has 3 aromatic carbocycles. The highest BCUT2D eigenvalue weighted by Gasteiger charge is 2.19. The van der Waals surface area contributed by atoms with Crippen molar-refractivity contribution in [3.63, 3.8) is 0 Å². The fourth-order valence-corrected chi connectivity index (χ4v) is 2.95. The van der Waals surface area contributed by atoms with Crippen molar-refractivity contribution in [3.8, 4) is 5.75 Å². The molecular weight excluding hydrogens is 345 g/mol. The van der Waals surface area contributed by atoms with E-state index in [4.69, 9.17) is 4.74 Å². The molecule has 27 heavy (non-hydrogen) atoms. The number of halogens is 1. The minimum atomic E-state index is -0.319. The van der Waals surface area contributed by atoms with Crippen molar-refractivity contribution < 1.29 is 18.7 Å². The second-order valence-corrected chi connectivity index (χ2v) is 6.34. The smallest absolute Gasteiger partial charge is 0.260 e. The van der Waals surface area contributed by atoms with Gasteiger partial charge in [0, 0.05) is 7.05 Å². The third-order valence-corrected chi connectivity index (χ3v) is 4.73. The quantitative estimate of drug-likeness (QED) is 0.609. The summed E-state index contributed by atoms with van der Waals surface area (Å²) < 4.78 is 18.7. The maximum Gasteiger partial charge on any atom is 0.260 e. The summed E-state index contributed by atoms with van der Waals surface area (Å²) in [5, 5.41) is 1.71. The Labute approximate surface area is 157 Å². The Hall–Kier alpha value is -3.21. The van der Waals surface area contributed by atoms with Crippen molar-refractivity contribution in [2.24, 2.45) is 0 Å². The summed E-state index contributed by atoms with van der Waals surface area (Å²) in [4.78, 5) is 25.6. The number of ether oxygens (including phenoxy) is 1. The van der Waals surface area contributed by atoms with Gasteiger partial charge in [0.1, 0.15) is 11.6 Å². The van der Waals surface area contributed by atoms with Gasteiger partial charge >= 0.3 is 0 Å². The summed E-state index contributed by atoms with van der Waals surface area (Å²) in [6.07, 6.45) is 0.743. The normalized spacial score (nSPS) is 11.8. The number of hydrogen-bond acceptors (Lipinski definition) is 3. The third kappa shape index (κ3) is 3.97. The van der Waals surface area contributed by atoms with Gasteiger partial charge in [-0.25, -0.2) is 4.39 Å². The molecule has 0 heterocycles. The zero-order valence-electron chi connectivity index (χ0n) is 15.2. The van der Waals surface area contributed by atoms with E-state index in [2.05, 4.69) is 0 Å². The van der Waals surface area contributed by atoms with Crippen molar-refractivity contribution in [1.29, 1.82) is 0 Å². The van der Waals surface area contributed by atoms with Crippen LogP contribution >= 0.6 is 0 Å². The monoisotopic (exact) mass is 365 g/mol. The van der Waals surface area contributed by atoms with Crippen LogP contribution in [0.5, 0.6) is 5.75 Å². The van der Waals surface area contributed by atoms with Gasteiger partial charge in [0.15, 0.2) is 12.9 Å². The molecule has 138 valence electrons. The lowest BCUT2D eigenvalue weighted by molar-refractivity contribution is -0.134. The molecule has 0 bridgehead atoms. The van der Waals surface area contributed by atoms with E-state index >= 15 is 0 Å². The summed E-state index contributed by atoms with van der Waals surface area (Å²) in [7, 11) is 1.67. The number of likely N-dealkylation sites (N-methyl/N-ethyl adjacent to an activating group) is 1. The molecule has 1 amide bonds.